The number of sulfonamides is 1. The van der Waals surface area contributed by atoms with E-state index >= 15 is 0 Å². The van der Waals surface area contributed by atoms with E-state index in [2.05, 4.69) is 45.3 Å². The van der Waals surface area contributed by atoms with E-state index in [0.29, 0.717) is 37.2 Å². The number of fused-ring (bicyclic) bond motifs is 5. The van der Waals surface area contributed by atoms with Gasteiger partial charge in [0.2, 0.25) is 10.0 Å². The van der Waals surface area contributed by atoms with Crippen LogP contribution < -0.4 is 9.46 Å². The fourth-order valence-corrected chi connectivity index (χ4v) is 8.83. The molecule has 1 aliphatic carbocycles. The Morgan fingerprint density at radius 2 is 1.67 bits per heavy atom. The van der Waals surface area contributed by atoms with Gasteiger partial charge in [0, 0.05) is 61.3 Å². The number of nitrogens with zero attached hydrogens (tertiary/aromatic N) is 5. The van der Waals surface area contributed by atoms with E-state index in [1.165, 1.54) is 12.0 Å². The Bertz CT molecular complexity index is 2160. The highest BCUT2D eigenvalue weighted by atomic mass is 32.2. The number of carbonyl (C=O) groups is 2. The van der Waals surface area contributed by atoms with Gasteiger partial charge in [0.05, 0.1) is 42.1 Å². The number of aryl methyl sites for hydroxylation is 1. The first-order chi connectivity index (χ1) is 24.9. The lowest BCUT2D eigenvalue weighted by atomic mass is 9.81. The molecule has 11 nitrogen and oxygen atoms in total. The average Bonchev–Trinajstić information content (AvgIpc) is 3.62. The molecule has 2 aromatic carbocycles. The van der Waals surface area contributed by atoms with Gasteiger partial charge in [0.1, 0.15) is 5.75 Å². The number of hydrogen-bond donors (Lipinski definition) is 1. The molecule has 4 aromatic rings. The molecule has 2 amide bonds. The zero-order chi connectivity index (χ0) is 36.9. The first-order valence-electron chi connectivity index (χ1n) is 18.5. The van der Waals surface area contributed by atoms with Crippen molar-refractivity contribution >= 4 is 44.4 Å². The van der Waals surface area contributed by atoms with Crippen LogP contribution in [0.1, 0.15) is 103 Å². The van der Waals surface area contributed by atoms with Gasteiger partial charge in [-0.2, -0.15) is 5.10 Å². The quantitative estimate of drug-likeness (QED) is 0.227. The van der Waals surface area contributed by atoms with E-state index in [-0.39, 0.29) is 11.5 Å². The average molecular weight is 727 g/mol. The topological polar surface area (TPSA) is 119 Å². The lowest BCUT2D eigenvalue weighted by molar-refractivity contribution is 0.0595. The fraction of sp³-hybridized carbons (Fsp3) is 0.475. The van der Waals surface area contributed by atoms with Crippen LogP contribution in [0.25, 0.3) is 33.8 Å². The second-order valence-electron chi connectivity index (χ2n) is 15.0. The van der Waals surface area contributed by atoms with E-state index in [9.17, 15) is 18.0 Å². The smallest absolute Gasteiger partial charge is 0.264 e. The second-order valence-corrected chi connectivity index (χ2v) is 17.3. The Hall–Kier alpha value is -4.42. The molecule has 0 radical (unpaired) electrons. The Morgan fingerprint density at radius 3 is 2.35 bits per heavy atom. The van der Waals surface area contributed by atoms with Crippen LogP contribution >= 0.6 is 0 Å². The molecular formula is C40H50N6O5S. The molecule has 0 bridgehead atoms. The number of hydrogen-bond acceptors (Lipinski definition) is 7. The minimum Gasteiger partial charge on any atom is -0.497 e. The zero-order valence-electron chi connectivity index (χ0n) is 31.1. The summed E-state index contributed by atoms with van der Waals surface area (Å²) in [4.78, 5) is 32.0. The molecule has 2 aliphatic heterocycles. The SMILES string of the molecule is COc1ccc2c(c1)C=C(c1c(C(=O)N3CCN(C(C)C)CC3)cnn1C)Cn1c-2c(C2CCCCC2)c2ccc(C(=O)NS(=O)(=O)C(C)C)cc21. The molecule has 12 heteroatoms. The highest BCUT2D eigenvalue weighted by molar-refractivity contribution is 7.90. The molecule has 7 rings (SSSR count). The van der Waals surface area contributed by atoms with Crippen molar-refractivity contribution in [1.82, 2.24) is 28.9 Å². The van der Waals surface area contributed by atoms with Crippen molar-refractivity contribution in [3.05, 3.63) is 70.5 Å². The number of piperazine rings is 1. The Labute approximate surface area is 306 Å². The number of benzene rings is 2. The molecule has 2 aromatic heterocycles. The van der Waals surface area contributed by atoms with Gasteiger partial charge >= 0.3 is 0 Å². The molecule has 4 heterocycles. The van der Waals surface area contributed by atoms with Crippen LogP contribution in [-0.2, 0) is 23.6 Å². The lowest BCUT2D eigenvalue weighted by Crippen LogP contribution is -2.50. The van der Waals surface area contributed by atoms with Gasteiger partial charge in [-0.25, -0.2) is 13.1 Å². The van der Waals surface area contributed by atoms with Gasteiger partial charge in [-0.15, -0.1) is 0 Å². The van der Waals surface area contributed by atoms with Gasteiger partial charge in [0.15, 0.2) is 0 Å². The molecule has 1 N–H and O–H groups in total. The summed E-state index contributed by atoms with van der Waals surface area (Å²) in [6.07, 6.45) is 9.48. The summed E-state index contributed by atoms with van der Waals surface area (Å²) in [5, 5.41) is 4.93. The number of methoxy groups -OCH3 is 1. The highest BCUT2D eigenvalue weighted by Gasteiger charge is 2.33. The van der Waals surface area contributed by atoms with E-state index in [1.807, 2.05) is 36.2 Å². The maximum atomic E-state index is 14.2. The second kappa shape index (κ2) is 14.2. The molecule has 0 spiro atoms. The van der Waals surface area contributed by atoms with E-state index in [1.54, 1.807) is 37.9 Å². The molecule has 52 heavy (non-hydrogen) atoms. The standard InChI is InChI=1S/C40H50N6O5S/c1-25(2)44-16-18-45(19-17-44)40(48)34-23-41-43(5)37(34)30-20-29-21-31(51-6)13-15-32(29)38-36(27-10-8-7-9-11-27)33-14-12-28(22-35(33)46(38)24-30)39(47)42-52(49,50)26(3)4/h12-15,20-23,25-27H,7-11,16-19,24H2,1-6H3,(H,42,47). The number of aromatic nitrogens is 3. The summed E-state index contributed by atoms with van der Waals surface area (Å²) in [5.41, 5.74) is 7.67. The number of rotatable bonds is 8. The maximum Gasteiger partial charge on any atom is 0.264 e. The Balaban J connectivity index is 1.40. The Morgan fingerprint density at radius 1 is 0.942 bits per heavy atom. The third-order valence-electron chi connectivity index (χ3n) is 11.2. The van der Waals surface area contributed by atoms with Crippen molar-refractivity contribution in [2.24, 2.45) is 7.05 Å². The first-order valence-corrected chi connectivity index (χ1v) is 20.1. The molecule has 1 saturated heterocycles. The largest absolute Gasteiger partial charge is 0.497 e. The third-order valence-corrected chi connectivity index (χ3v) is 12.9. The summed E-state index contributed by atoms with van der Waals surface area (Å²) < 4.78 is 37.5. The van der Waals surface area contributed by atoms with Crippen LogP contribution in [-0.4, -0.2) is 89.0 Å². The predicted octanol–water partition coefficient (Wildman–Crippen LogP) is 6.29. The minimum atomic E-state index is -3.83. The van der Waals surface area contributed by atoms with E-state index < -0.39 is 21.2 Å². The van der Waals surface area contributed by atoms with Crippen LogP contribution in [0.5, 0.6) is 5.75 Å². The molecule has 276 valence electrons. The summed E-state index contributed by atoms with van der Waals surface area (Å²) in [6, 6.07) is 12.1. The Kier molecular flexibility index (Phi) is 9.81. The number of allylic oxidation sites excluding steroid dienone is 1. The van der Waals surface area contributed by atoms with E-state index in [4.69, 9.17) is 4.74 Å². The number of nitrogens with one attached hydrogen (secondary N) is 1. The molecular weight excluding hydrogens is 677 g/mol. The van der Waals surface area contributed by atoms with Crippen LogP contribution in [0.15, 0.2) is 42.6 Å². The molecule has 3 aliphatic rings. The summed E-state index contributed by atoms with van der Waals surface area (Å²) in [7, 11) is -0.290. The zero-order valence-corrected chi connectivity index (χ0v) is 31.9. The van der Waals surface area contributed by atoms with Gasteiger partial charge in [-0.3, -0.25) is 19.2 Å². The van der Waals surface area contributed by atoms with Gasteiger partial charge in [0.25, 0.3) is 11.8 Å². The normalized spacial score (nSPS) is 17.2. The molecule has 0 atom stereocenters. The van der Waals surface area contributed by atoms with Crippen LogP contribution in [0.3, 0.4) is 0 Å². The van der Waals surface area contributed by atoms with Gasteiger partial charge in [-0.05, 0) is 99.6 Å². The monoisotopic (exact) mass is 726 g/mol. The maximum absolute atomic E-state index is 14.2. The predicted molar refractivity (Wildman–Crippen MR) is 205 cm³/mol. The van der Waals surface area contributed by atoms with Gasteiger partial charge < -0.3 is 14.2 Å². The van der Waals surface area contributed by atoms with Crippen LogP contribution in [0, 0.1) is 0 Å². The van der Waals surface area contributed by atoms with Crippen molar-refractivity contribution in [1.29, 1.82) is 0 Å². The van der Waals surface area contributed by atoms with Crippen LogP contribution in [0.4, 0.5) is 0 Å². The molecule has 2 fully saturated rings. The first kappa shape index (κ1) is 36.0. The number of amides is 2. The fourth-order valence-electron chi connectivity index (χ4n) is 8.22. The summed E-state index contributed by atoms with van der Waals surface area (Å²) in [5.74, 6) is 0.362. The van der Waals surface area contributed by atoms with E-state index in [0.717, 1.165) is 83.5 Å². The van der Waals surface area contributed by atoms with Crippen LogP contribution in [0.2, 0.25) is 0 Å². The van der Waals surface area contributed by atoms with Crippen molar-refractivity contribution in [3.8, 4) is 17.0 Å². The number of carbonyl (C=O) groups excluding carboxylic acids is 2. The summed E-state index contributed by atoms with van der Waals surface area (Å²) >= 11 is 0. The molecule has 0 unspecified atom stereocenters. The lowest BCUT2D eigenvalue weighted by Gasteiger charge is -2.37. The van der Waals surface area contributed by atoms with Crippen molar-refractivity contribution in [2.45, 2.75) is 83.6 Å². The highest BCUT2D eigenvalue weighted by Crippen LogP contribution is 2.48. The number of ether oxygens (including phenoxy) is 1. The van der Waals surface area contributed by atoms with Crippen molar-refractivity contribution < 1.29 is 22.7 Å². The third kappa shape index (κ3) is 6.55. The van der Waals surface area contributed by atoms with Crippen molar-refractivity contribution in [2.75, 3.05) is 33.3 Å². The summed E-state index contributed by atoms with van der Waals surface area (Å²) in [6.45, 7) is 10.8. The molecule has 1 saturated carbocycles. The van der Waals surface area contributed by atoms with Gasteiger partial charge in [-0.1, -0.05) is 25.3 Å². The van der Waals surface area contributed by atoms with Crippen molar-refractivity contribution in [3.63, 3.8) is 0 Å². The minimum absolute atomic E-state index is 0.0340.